The Kier molecular flexibility index (Phi) is 9.00. The van der Waals surface area contributed by atoms with Crippen LogP contribution in [0, 0.1) is 0 Å². The number of ether oxygens (including phenoxy) is 1. The van der Waals surface area contributed by atoms with Gasteiger partial charge in [-0.3, -0.25) is 0 Å². The van der Waals surface area contributed by atoms with Crippen LogP contribution in [0.2, 0.25) is 0 Å². The van der Waals surface area contributed by atoms with Crippen LogP contribution >= 0.6 is 0 Å². The van der Waals surface area contributed by atoms with Crippen molar-refractivity contribution in [3.05, 3.63) is 0 Å². The fourth-order valence-corrected chi connectivity index (χ4v) is 1.05. The first-order valence-electron chi connectivity index (χ1n) is 5.58. The second-order valence-corrected chi connectivity index (χ2v) is 4.52. The molecule has 0 aromatic heterocycles. The zero-order valence-electron chi connectivity index (χ0n) is 11.0. The summed E-state index contributed by atoms with van der Waals surface area (Å²) in [5.74, 6) is 0. The Morgan fingerprint density at radius 2 is 1.20 bits per heavy atom. The summed E-state index contributed by atoms with van der Waals surface area (Å²) in [5.41, 5.74) is 0. The van der Waals surface area contributed by atoms with Crippen molar-refractivity contribution >= 4 is 0 Å². The third-order valence-corrected chi connectivity index (χ3v) is 2.23. The van der Waals surface area contributed by atoms with E-state index in [1.807, 2.05) is 0 Å². The Bertz CT molecular complexity index is 140. The van der Waals surface area contributed by atoms with E-state index in [9.17, 15) is 0 Å². The zero-order valence-corrected chi connectivity index (χ0v) is 11.0. The summed E-state index contributed by atoms with van der Waals surface area (Å²) in [5, 5.41) is 0. The quantitative estimate of drug-likeness (QED) is 0.508. The first-order chi connectivity index (χ1) is 7.02. The third kappa shape index (κ3) is 11.8. The maximum absolute atomic E-state index is 5.52. The maximum Gasteiger partial charge on any atom is 0.0593 e. The molecule has 0 aliphatic heterocycles. The van der Waals surface area contributed by atoms with Crippen LogP contribution < -0.4 is 0 Å². The zero-order chi connectivity index (χ0) is 11.7. The van der Waals surface area contributed by atoms with Crippen molar-refractivity contribution in [2.24, 2.45) is 0 Å². The van der Waals surface area contributed by atoms with Gasteiger partial charge in [0.05, 0.1) is 13.2 Å². The molecule has 0 aliphatic carbocycles. The molecule has 0 unspecified atom stereocenters. The van der Waals surface area contributed by atoms with E-state index in [1.54, 1.807) is 0 Å². The average Bonchev–Trinajstić information content (AvgIpc) is 2.13. The summed E-state index contributed by atoms with van der Waals surface area (Å²) in [6.45, 7) is 5.88. The average molecular weight is 217 g/mol. The van der Waals surface area contributed by atoms with Crippen molar-refractivity contribution in [3.63, 3.8) is 0 Å². The summed E-state index contributed by atoms with van der Waals surface area (Å²) in [4.78, 5) is 6.63. The summed E-state index contributed by atoms with van der Waals surface area (Å²) in [6.07, 6.45) is 0. The molecule has 0 fully saturated rings. The van der Waals surface area contributed by atoms with Crippen LogP contribution in [0.1, 0.15) is 0 Å². The Balaban J connectivity index is 3.20. The molecule has 0 rings (SSSR count). The van der Waals surface area contributed by atoms with Gasteiger partial charge in [-0.05, 0) is 35.2 Å². The highest BCUT2D eigenvalue weighted by Crippen LogP contribution is 1.85. The molecule has 0 spiro atoms. The molecule has 4 nitrogen and oxygen atoms in total. The molecule has 0 N–H and O–H groups in total. The minimum Gasteiger partial charge on any atom is -0.379 e. The van der Waals surface area contributed by atoms with Crippen LogP contribution in [0.25, 0.3) is 0 Å². The minimum absolute atomic E-state index is 0.828. The molecule has 0 radical (unpaired) electrons. The Labute approximate surface area is 94.8 Å². The molecule has 0 bridgehead atoms. The van der Waals surface area contributed by atoms with E-state index >= 15 is 0 Å². The predicted molar refractivity (Wildman–Crippen MR) is 65.4 cm³/mol. The number of nitrogens with zero attached hydrogens (tertiary/aromatic N) is 3. The topological polar surface area (TPSA) is 19.0 Å². The van der Waals surface area contributed by atoms with E-state index in [0.717, 1.165) is 39.4 Å². The lowest BCUT2D eigenvalue weighted by Crippen LogP contribution is -2.31. The van der Waals surface area contributed by atoms with Gasteiger partial charge in [0.25, 0.3) is 0 Å². The molecule has 0 amide bonds. The van der Waals surface area contributed by atoms with E-state index < -0.39 is 0 Å². The van der Waals surface area contributed by atoms with Gasteiger partial charge in [0.1, 0.15) is 0 Å². The van der Waals surface area contributed by atoms with Crippen molar-refractivity contribution in [1.29, 1.82) is 0 Å². The van der Waals surface area contributed by atoms with Gasteiger partial charge < -0.3 is 19.4 Å². The molecule has 0 aromatic carbocycles. The van der Waals surface area contributed by atoms with Gasteiger partial charge >= 0.3 is 0 Å². The molecule has 0 aliphatic rings. The van der Waals surface area contributed by atoms with E-state index in [0.29, 0.717) is 0 Å². The van der Waals surface area contributed by atoms with Crippen molar-refractivity contribution in [1.82, 2.24) is 14.7 Å². The normalized spacial score (nSPS) is 12.0. The Hall–Kier alpha value is -0.160. The lowest BCUT2D eigenvalue weighted by atomic mass is 10.5. The first kappa shape index (κ1) is 14.8. The number of hydrogen-bond donors (Lipinski definition) is 0. The molecular weight excluding hydrogens is 190 g/mol. The fraction of sp³-hybridized carbons (Fsp3) is 1.00. The second-order valence-electron chi connectivity index (χ2n) is 4.52. The van der Waals surface area contributed by atoms with Gasteiger partial charge in [-0.1, -0.05) is 0 Å². The lowest BCUT2D eigenvalue weighted by molar-refractivity contribution is 0.0972. The third-order valence-electron chi connectivity index (χ3n) is 2.23. The van der Waals surface area contributed by atoms with Crippen LogP contribution in [-0.4, -0.2) is 89.3 Å². The highest BCUT2D eigenvalue weighted by Gasteiger charge is 1.99. The van der Waals surface area contributed by atoms with E-state index in [1.165, 1.54) is 0 Å². The van der Waals surface area contributed by atoms with Gasteiger partial charge in [-0.2, -0.15) is 0 Å². The van der Waals surface area contributed by atoms with Gasteiger partial charge in [-0.15, -0.1) is 0 Å². The highest BCUT2D eigenvalue weighted by molar-refractivity contribution is 4.53. The molecule has 0 atom stereocenters. The minimum atomic E-state index is 0.828. The van der Waals surface area contributed by atoms with Crippen LogP contribution in [0.4, 0.5) is 0 Å². The van der Waals surface area contributed by atoms with Crippen molar-refractivity contribution in [2.45, 2.75) is 0 Å². The van der Waals surface area contributed by atoms with E-state index in [-0.39, 0.29) is 0 Å². The van der Waals surface area contributed by atoms with Gasteiger partial charge in [-0.25, -0.2) is 0 Å². The largest absolute Gasteiger partial charge is 0.379 e. The first-order valence-corrected chi connectivity index (χ1v) is 5.58. The summed E-state index contributed by atoms with van der Waals surface area (Å²) >= 11 is 0. The van der Waals surface area contributed by atoms with Gasteiger partial charge in [0.2, 0.25) is 0 Å². The fourth-order valence-electron chi connectivity index (χ4n) is 1.05. The van der Waals surface area contributed by atoms with Crippen LogP contribution in [0.5, 0.6) is 0 Å². The van der Waals surface area contributed by atoms with Crippen LogP contribution in [0.15, 0.2) is 0 Å². The highest BCUT2D eigenvalue weighted by atomic mass is 16.5. The van der Waals surface area contributed by atoms with Crippen LogP contribution in [0.3, 0.4) is 0 Å². The monoisotopic (exact) mass is 217 g/mol. The Morgan fingerprint density at radius 3 is 1.73 bits per heavy atom. The standard InChI is InChI=1S/C11H27N3O/c1-12(2)6-7-14(5)9-11-15-10-8-13(3)4/h6-11H2,1-5H3. The summed E-state index contributed by atoms with van der Waals surface area (Å²) in [7, 11) is 10.5. The van der Waals surface area contributed by atoms with E-state index in [2.05, 4.69) is 49.9 Å². The van der Waals surface area contributed by atoms with Crippen molar-refractivity contribution in [2.75, 3.05) is 74.6 Å². The van der Waals surface area contributed by atoms with Gasteiger partial charge in [0, 0.05) is 26.2 Å². The molecule has 0 aromatic rings. The maximum atomic E-state index is 5.52. The van der Waals surface area contributed by atoms with Crippen LogP contribution in [-0.2, 0) is 4.74 Å². The van der Waals surface area contributed by atoms with Crippen molar-refractivity contribution < 1.29 is 4.74 Å². The molecule has 0 heterocycles. The predicted octanol–water partition coefficient (Wildman–Crippen LogP) is 0.0580. The molecular formula is C11H27N3O. The summed E-state index contributed by atoms with van der Waals surface area (Å²) in [6, 6.07) is 0. The number of rotatable bonds is 9. The molecule has 0 saturated heterocycles. The number of hydrogen-bond acceptors (Lipinski definition) is 4. The second kappa shape index (κ2) is 9.09. The SMILES string of the molecule is CN(C)CCOCCN(C)CCN(C)C. The molecule has 92 valence electrons. The van der Waals surface area contributed by atoms with E-state index in [4.69, 9.17) is 4.74 Å². The van der Waals surface area contributed by atoms with Crippen molar-refractivity contribution in [3.8, 4) is 0 Å². The molecule has 4 heteroatoms. The number of likely N-dealkylation sites (N-methyl/N-ethyl adjacent to an activating group) is 3. The molecule has 15 heavy (non-hydrogen) atoms. The van der Waals surface area contributed by atoms with Gasteiger partial charge in [0.15, 0.2) is 0 Å². The Morgan fingerprint density at radius 1 is 0.667 bits per heavy atom. The lowest BCUT2D eigenvalue weighted by Gasteiger charge is -2.19. The molecule has 0 saturated carbocycles. The summed E-state index contributed by atoms with van der Waals surface area (Å²) < 4.78 is 5.52. The smallest absolute Gasteiger partial charge is 0.0593 e.